The second-order valence-corrected chi connectivity index (χ2v) is 7.01. The van der Waals surface area contributed by atoms with Gasteiger partial charge in [-0.1, -0.05) is 36.8 Å². The molecule has 1 fully saturated rings. The van der Waals surface area contributed by atoms with E-state index in [2.05, 4.69) is 5.32 Å². The van der Waals surface area contributed by atoms with Crippen molar-refractivity contribution >= 4 is 11.8 Å². The minimum Gasteiger partial charge on any atom is -0.388 e. The molecule has 0 saturated carbocycles. The Balaban J connectivity index is 1.61. The highest BCUT2D eigenvalue weighted by atomic mass is 16.5. The SMILES string of the molecule is CC(=O)N[C@H]1CN(C(=O)CCCCCOCc2ccccc2)C[C@H](O)[C@@H]1O. The summed E-state index contributed by atoms with van der Waals surface area (Å²) in [6, 6.07) is 9.35. The minimum atomic E-state index is -1.06. The molecule has 3 atom stereocenters. The number of hydrogen-bond acceptors (Lipinski definition) is 5. The summed E-state index contributed by atoms with van der Waals surface area (Å²) in [6.07, 6.45) is 0.789. The lowest BCUT2D eigenvalue weighted by Crippen LogP contribution is -2.62. The first-order chi connectivity index (χ1) is 13.0. The molecule has 7 nitrogen and oxygen atoms in total. The number of ether oxygens (including phenoxy) is 1. The summed E-state index contributed by atoms with van der Waals surface area (Å²) in [5.41, 5.74) is 1.15. The summed E-state index contributed by atoms with van der Waals surface area (Å²) in [4.78, 5) is 25.1. The predicted octanol–water partition coefficient (Wildman–Crippen LogP) is 0.832. The van der Waals surface area contributed by atoms with Crippen LogP contribution in [0.4, 0.5) is 0 Å². The van der Waals surface area contributed by atoms with E-state index in [0.717, 1.165) is 24.8 Å². The molecule has 7 heteroatoms. The maximum Gasteiger partial charge on any atom is 0.222 e. The second-order valence-electron chi connectivity index (χ2n) is 7.01. The second kappa shape index (κ2) is 11.0. The van der Waals surface area contributed by atoms with Crippen molar-refractivity contribution in [3.8, 4) is 0 Å². The normalized spacial score (nSPS) is 22.5. The Labute approximate surface area is 160 Å². The first-order valence-electron chi connectivity index (χ1n) is 9.50. The lowest BCUT2D eigenvalue weighted by molar-refractivity contribution is -0.141. The van der Waals surface area contributed by atoms with Crippen molar-refractivity contribution in [2.45, 2.75) is 57.5 Å². The molecule has 1 aliphatic rings. The third-order valence-electron chi connectivity index (χ3n) is 4.66. The zero-order valence-electron chi connectivity index (χ0n) is 15.8. The van der Waals surface area contributed by atoms with E-state index in [-0.39, 0.29) is 24.9 Å². The molecule has 150 valence electrons. The quantitative estimate of drug-likeness (QED) is 0.553. The van der Waals surface area contributed by atoms with Crippen LogP contribution in [0.25, 0.3) is 0 Å². The van der Waals surface area contributed by atoms with Crippen LogP contribution in [0, 0.1) is 0 Å². The Kier molecular flexibility index (Phi) is 8.71. The Morgan fingerprint density at radius 2 is 1.89 bits per heavy atom. The van der Waals surface area contributed by atoms with E-state index in [1.165, 1.54) is 11.8 Å². The van der Waals surface area contributed by atoms with Crippen LogP contribution in [-0.4, -0.2) is 64.9 Å². The molecule has 1 saturated heterocycles. The number of carbonyl (C=O) groups excluding carboxylic acids is 2. The van der Waals surface area contributed by atoms with Gasteiger partial charge in [0.05, 0.1) is 18.8 Å². The summed E-state index contributed by atoms with van der Waals surface area (Å²) < 4.78 is 5.62. The zero-order chi connectivity index (χ0) is 19.6. The maximum absolute atomic E-state index is 12.3. The smallest absolute Gasteiger partial charge is 0.222 e. The third kappa shape index (κ3) is 7.28. The van der Waals surface area contributed by atoms with Gasteiger partial charge in [0, 0.05) is 33.0 Å². The van der Waals surface area contributed by atoms with Crippen LogP contribution in [0.2, 0.25) is 0 Å². The highest BCUT2D eigenvalue weighted by Crippen LogP contribution is 2.14. The number of β-amino-alcohol motifs (C(OH)–C–C–N with tert-alkyl or cyclic N) is 1. The maximum atomic E-state index is 12.3. The van der Waals surface area contributed by atoms with Gasteiger partial charge < -0.3 is 25.2 Å². The van der Waals surface area contributed by atoms with Gasteiger partial charge in [0.15, 0.2) is 0 Å². The highest BCUT2D eigenvalue weighted by Gasteiger charge is 2.36. The molecule has 0 spiro atoms. The number of benzene rings is 1. The van der Waals surface area contributed by atoms with Crippen molar-refractivity contribution in [1.82, 2.24) is 10.2 Å². The van der Waals surface area contributed by atoms with Gasteiger partial charge in [0.1, 0.15) is 6.10 Å². The summed E-state index contributed by atoms with van der Waals surface area (Å²) in [5, 5.41) is 22.5. The van der Waals surface area contributed by atoms with E-state index in [4.69, 9.17) is 4.74 Å². The lowest BCUT2D eigenvalue weighted by Gasteiger charge is -2.39. The number of amides is 2. The lowest BCUT2D eigenvalue weighted by atomic mass is 9.98. The summed E-state index contributed by atoms with van der Waals surface area (Å²) >= 11 is 0. The van der Waals surface area contributed by atoms with Gasteiger partial charge >= 0.3 is 0 Å². The molecule has 1 aromatic carbocycles. The van der Waals surface area contributed by atoms with E-state index in [0.29, 0.717) is 19.6 Å². The summed E-state index contributed by atoms with van der Waals surface area (Å²) in [6.45, 7) is 2.91. The van der Waals surface area contributed by atoms with Gasteiger partial charge in [-0.3, -0.25) is 9.59 Å². The van der Waals surface area contributed by atoms with Gasteiger partial charge in [-0.25, -0.2) is 0 Å². The number of piperidine rings is 1. The van der Waals surface area contributed by atoms with Crippen LogP contribution in [0.3, 0.4) is 0 Å². The molecule has 0 aliphatic carbocycles. The highest BCUT2D eigenvalue weighted by molar-refractivity contribution is 5.77. The number of rotatable bonds is 9. The number of carbonyl (C=O) groups is 2. The molecular formula is C20H30N2O5. The Morgan fingerprint density at radius 1 is 1.15 bits per heavy atom. The number of aliphatic hydroxyl groups is 2. The van der Waals surface area contributed by atoms with E-state index in [9.17, 15) is 19.8 Å². The van der Waals surface area contributed by atoms with E-state index in [1.54, 1.807) is 0 Å². The van der Waals surface area contributed by atoms with Gasteiger partial charge in [-0.2, -0.15) is 0 Å². The fourth-order valence-electron chi connectivity index (χ4n) is 3.20. The van der Waals surface area contributed by atoms with Crippen LogP contribution >= 0.6 is 0 Å². The van der Waals surface area contributed by atoms with Crippen molar-refractivity contribution in [1.29, 1.82) is 0 Å². The number of aliphatic hydroxyl groups excluding tert-OH is 2. The number of unbranched alkanes of at least 4 members (excludes halogenated alkanes) is 2. The van der Waals surface area contributed by atoms with Crippen molar-refractivity contribution < 1.29 is 24.5 Å². The summed E-state index contributed by atoms with van der Waals surface area (Å²) in [5.74, 6) is -0.363. The minimum absolute atomic E-state index is 0.0681. The van der Waals surface area contributed by atoms with Crippen molar-refractivity contribution in [2.75, 3.05) is 19.7 Å². The topological polar surface area (TPSA) is 99.1 Å². The van der Waals surface area contributed by atoms with E-state index >= 15 is 0 Å². The number of hydrogen-bond donors (Lipinski definition) is 3. The zero-order valence-corrected chi connectivity index (χ0v) is 15.8. The first kappa shape index (κ1) is 21.3. The molecule has 0 bridgehead atoms. The molecule has 2 amide bonds. The van der Waals surface area contributed by atoms with Crippen LogP contribution in [0.15, 0.2) is 30.3 Å². The average Bonchev–Trinajstić information content (AvgIpc) is 2.64. The molecule has 1 aromatic rings. The molecule has 0 aromatic heterocycles. The monoisotopic (exact) mass is 378 g/mol. The Hall–Kier alpha value is -1.96. The fourth-order valence-corrected chi connectivity index (χ4v) is 3.20. The van der Waals surface area contributed by atoms with Crippen LogP contribution < -0.4 is 5.32 Å². The molecule has 1 heterocycles. The van der Waals surface area contributed by atoms with Crippen LogP contribution in [0.1, 0.15) is 38.2 Å². The molecule has 3 N–H and O–H groups in total. The van der Waals surface area contributed by atoms with Gasteiger partial charge in [0.2, 0.25) is 11.8 Å². The summed E-state index contributed by atoms with van der Waals surface area (Å²) in [7, 11) is 0. The van der Waals surface area contributed by atoms with Gasteiger partial charge in [-0.05, 0) is 18.4 Å². The predicted molar refractivity (Wildman–Crippen MR) is 101 cm³/mol. The third-order valence-corrected chi connectivity index (χ3v) is 4.66. The van der Waals surface area contributed by atoms with Crippen molar-refractivity contribution in [2.24, 2.45) is 0 Å². The van der Waals surface area contributed by atoms with Crippen LogP contribution in [-0.2, 0) is 20.9 Å². The molecule has 2 rings (SSSR count). The Morgan fingerprint density at radius 3 is 2.59 bits per heavy atom. The fraction of sp³-hybridized carbons (Fsp3) is 0.600. The van der Waals surface area contributed by atoms with Crippen molar-refractivity contribution in [3.63, 3.8) is 0 Å². The molecule has 0 radical (unpaired) electrons. The number of likely N-dealkylation sites (tertiary alicyclic amines) is 1. The van der Waals surface area contributed by atoms with Crippen LogP contribution in [0.5, 0.6) is 0 Å². The Bertz CT molecular complexity index is 595. The molecule has 27 heavy (non-hydrogen) atoms. The average molecular weight is 378 g/mol. The number of nitrogens with one attached hydrogen (secondary N) is 1. The number of nitrogens with zero attached hydrogens (tertiary/aromatic N) is 1. The molecule has 1 aliphatic heterocycles. The first-order valence-corrected chi connectivity index (χ1v) is 9.50. The van der Waals surface area contributed by atoms with Gasteiger partial charge in [-0.15, -0.1) is 0 Å². The van der Waals surface area contributed by atoms with Crippen molar-refractivity contribution in [3.05, 3.63) is 35.9 Å². The van der Waals surface area contributed by atoms with Gasteiger partial charge in [0.25, 0.3) is 0 Å². The van der Waals surface area contributed by atoms with E-state index < -0.39 is 18.2 Å². The molecular weight excluding hydrogens is 348 g/mol. The largest absolute Gasteiger partial charge is 0.388 e. The standard InChI is InChI=1S/C20H30N2O5/c1-15(23)21-17-12-22(13-18(24)20(17)26)19(25)10-6-3-7-11-27-14-16-8-4-2-5-9-16/h2,4-5,8-9,17-18,20,24,26H,3,6-7,10-14H2,1H3,(H,21,23)/t17-,18-,20+/m0/s1. The molecule has 0 unspecified atom stereocenters. The van der Waals surface area contributed by atoms with E-state index in [1.807, 2.05) is 30.3 Å².